The molecule has 0 radical (unpaired) electrons. The highest BCUT2D eigenvalue weighted by Crippen LogP contribution is 2.11. The fourth-order valence-corrected chi connectivity index (χ4v) is 2.02. The molecule has 0 saturated heterocycles. The second-order valence-corrected chi connectivity index (χ2v) is 5.32. The fourth-order valence-electron chi connectivity index (χ4n) is 2.02. The zero-order chi connectivity index (χ0) is 14.5. The van der Waals surface area contributed by atoms with Gasteiger partial charge in [0.2, 0.25) is 0 Å². The summed E-state index contributed by atoms with van der Waals surface area (Å²) in [6.07, 6.45) is 2.05. The smallest absolute Gasteiger partial charge is 0.119 e. The molecule has 4 heteroatoms. The number of rotatable bonds is 6. The van der Waals surface area contributed by atoms with Crippen LogP contribution in [0.4, 0.5) is 0 Å². The van der Waals surface area contributed by atoms with Gasteiger partial charge in [-0.3, -0.25) is 4.68 Å². The quantitative estimate of drug-likeness (QED) is 0.879. The van der Waals surface area contributed by atoms with E-state index in [0.717, 1.165) is 18.0 Å². The highest BCUT2D eigenvalue weighted by Gasteiger charge is 2.06. The maximum absolute atomic E-state index is 5.76. The van der Waals surface area contributed by atoms with Gasteiger partial charge in [0.1, 0.15) is 12.4 Å². The van der Waals surface area contributed by atoms with Crippen LogP contribution in [0.25, 0.3) is 0 Å². The van der Waals surface area contributed by atoms with Crippen molar-refractivity contribution < 1.29 is 4.74 Å². The summed E-state index contributed by atoms with van der Waals surface area (Å²) in [5.74, 6) is 0.918. The van der Waals surface area contributed by atoms with E-state index in [1.807, 2.05) is 30.8 Å². The molecule has 1 aromatic carbocycles. The summed E-state index contributed by atoms with van der Waals surface area (Å²) in [6.45, 7) is 7.70. The Morgan fingerprint density at radius 1 is 1.25 bits per heavy atom. The average molecular weight is 273 g/mol. The van der Waals surface area contributed by atoms with E-state index in [0.29, 0.717) is 6.61 Å². The molecule has 1 N–H and O–H groups in total. The zero-order valence-electron chi connectivity index (χ0n) is 12.7. The largest absolute Gasteiger partial charge is 0.492 e. The Bertz CT molecular complexity index is 545. The van der Waals surface area contributed by atoms with Crippen LogP contribution in [0.15, 0.2) is 30.5 Å². The Labute approximate surface area is 120 Å². The lowest BCUT2D eigenvalue weighted by Gasteiger charge is -2.14. The molecule has 108 valence electrons. The first-order valence-electron chi connectivity index (χ1n) is 6.96. The summed E-state index contributed by atoms with van der Waals surface area (Å²) in [7, 11) is 1.94. The number of benzene rings is 1. The van der Waals surface area contributed by atoms with Gasteiger partial charge in [0.25, 0.3) is 0 Å². The molecule has 0 aliphatic carbocycles. The van der Waals surface area contributed by atoms with Crippen molar-refractivity contribution >= 4 is 0 Å². The standard InChI is InChI=1S/C16H23N3O/c1-12-5-7-16(8-6-12)20-11-13(2)17-9-15-10-19(4)18-14(15)3/h5-8,10,13,17H,9,11H2,1-4H3. The van der Waals surface area contributed by atoms with Crippen molar-refractivity contribution in [1.82, 2.24) is 15.1 Å². The van der Waals surface area contributed by atoms with Gasteiger partial charge in [-0.15, -0.1) is 0 Å². The Kier molecular flexibility index (Phi) is 4.79. The van der Waals surface area contributed by atoms with Crippen molar-refractivity contribution in [3.8, 4) is 5.75 Å². The van der Waals surface area contributed by atoms with E-state index in [1.54, 1.807) is 0 Å². The van der Waals surface area contributed by atoms with E-state index >= 15 is 0 Å². The molecule has 0 saturated carbocycles. The molecule has 0 bridgehead atoms. The molecule has 1 heterocycles. The Hall–Kier alpha value is -1.81. The van der Waals surface area contributed by atoms with Crippen LogP contribution in [-0.2, 0) is 13.6 Å². The van der Waals surface area contributed by atoms with Gasteiger partial charge < -0.3 is 10.1 Å². The molecule has 0 fully saturated rings. The van der Waals surface area contributed by atoms with Crippen LogP contribution in [0.2, 0.25) is 0 Å². The third-order valence-electron chi connectivity index (χ3n) is 3.28. The van der Waals surface area contributed by atoms with E-state index in [-0.39, 0.29) is 6.04 Å². The van der Waals surface area contributed by atoms with E-state index < -0.39 is 0 Å². The summed E-state index contributed by atoms with van der Waals surface area (Å²) in [4.78, 5) is 0. The van der Waals surface area contributed by atoms with Crippen LogP contribution < -0.4 is 10.1 Å². The summed E-state index contributed by atoms with van der Waals surface area (Å²) in [5.41, 5.74) is 3.55. The molecule has 1 unspecified atom stereocenters. The van der Waals surface area contributed by atoms with Crippen LogP contribution in [0, 0.1) is 13.8 Å². The Morgan fingerprint density at radius 3 is 2.55 bits per heavy atom. The number of nitrogens with one attached hydrogen (secondary N) is 1. The van der Waals surface area contributed by atoms with Gasteiger partial charge in [0.15, 0.2) is 0 Å². The maximum Gasteiger partial charge on any atom is 0.119 e. The van der Waals surface area contributed by atoms with Crippen LogP contribution in [-0.4, -0.2) is 22.4 Å². The normalized spacial score (nSPS) is 12.4. The van der Waals surface area contributed by atoms with Crippen molar-refractivity contribution in [2.75, 3.05) is 6.61 Å². The van der Waals surface area contributed by atoms with Gasteiger partial charge in [-0.1, -0.05) is 17.7 Å². The van der Waals surface area contributed by atoms with Crippen molar-refractivity contribution in [3.05, 3.63) is 47.3 Å². The first-order chi connectivity index (χ1) is 9.54. The molecule has 2 rings (SSSR count). The number of aryl methyl sites for hydroxylation is 3. The third-order valence-corrected chi connectivity index (χ3v) is 3.28. The van der Waals surface area contributed by atoms with Crippen LogP contribution in [0.5, 0.6) is 5.75 Å². The maximum atomic E-state index is 5.76. The molecule has 4 nitrogen and oxygen atoms in total. The molecule has 0 amide bonds. The van der Waals surface area contributed by atoms with E-state index in [1.165, 1.54) is 11.1 Å². The molecule has 0 aliphatic rings. The number of ether oxygens (including phenoxy) is 1. The van der Waals surface area contributed by atoms with Gasteiger partial charge in [0.05, 0.1) is 5.69 Å². The summed E-state index contributed by atoms with van der Waals surface area (Å²) >= 11 is 0. The topological polar surface area (TPSA) is 39.1 Å². The van der Waals surface area contributed by atoms with Crippen LogP contribution in [0.3, 0.4) is 0 Å². The predicted octanol–water partition coefficient (Wildman–Crippen LogP) is 2.59. The average Bonchev–Trinajstić information content (AvgIpc) is 2.74. The molecular formula is C16H23N3O. The van der Waals surface area contributed by atoms with E-state index in [9.17, 15) is 0 Å². The molecule has 20 heavy (non-hydrogen) atoms. The Balaban J connectivity index is 1.76. The second kappa shape index (κ2) is 6.57. The second-order valence-electron chi connectivity index (χ2n) is 5.32. The van der Waals surface area contributed by atoms with E-state index in [2.05, 4.69) is 42.6 Å². The van der Waals surface area contributed by atoms with Crippen LogP contribution >= 0.6 is 0 Å². The summed E-state index contributed by atoms with van der Waals surface area (Å²) < 4.78 is 7.61. The number of hydrogen-bond acceptors (Lipinski definition) is 3. The molecule has 0 aliphatic heterocycles. The van der Waals surface area contributed by atoms with Gasteiger partial charge in [-0.05, 0) is 32.9 Å². The van der Waals surface area contributed by atoms with Gasteiger partial charge in [-0.25, -0.2) is 0 Å². The SMILES string of the molecule is Cc1ccc(OCC(C)NCc2cn(C)nc2C)cc1. The monoisotopic (exact) mass is 273 g/mol. The minimum atomic E-state index is 0.288. The lowest BCUT2D eigenvalue weighted by atomic mass is 10.2. The van der Waals surface area contributed by atoms with E-state index in [4.69, 9.17) is 4.74 Å². The van der Waals surface area contributed by atoms with Gasteiger partial charge in [0, 0.05) is 31.4 Å². The van der Waals surface area contributed by atoms with Crippen LogP contribution in [0.1, 0.15) is 23.7 Å². The third kappa shape index (κ3) is 4.10. The summed E-state index contributed by atoms with van der Waals surface area (Å²) in [6, 6.07) is 8.43. The number of nitrogens with zero attached hydrogens (tertiary/aromatic N) is 2. The molecule has 1 atom stereocenters. The molecule has 0 spiro atoms. The molecule has 1 aromatic heterocycles. The zero-order valence-corrected chi connectivity index (χ0v) is 12.7. The minimum absolute atomic E-state index is 0.288. The van der Waals surface area contributed by atoms with Gasteiger partial charge in [-0.2, -0.15) is 5.10 Å². The molecule has 2 aromatic rings. The fraction of sp³-hybridized carbons (Fsp3) is 0.438. The van der Waals surface area contributed by atoms with Gasteiger partial charge >= 0.3 is 0 Å². The number of hydrogen-bond donors (Lipinski definition) is 1. The lowest BCUT2D eigenvalue weighted by molar-refractivity contribution is 0.272. The highest BCUT2D eigenvalue weighted by molar-refractivity contribution is 5.26. The van der Waals surface area contributed by atoms with Crippen molar-refractivity contribution in [2.45, 2.75) is 33.4 Å². The predicted molar refractivity (Wildman–Crippen MR) is 80.9 cm³/mol. The molecular weight excluding hydrogens is 250 g/mol. The first kappa shape index (κ1) is 14.6. The summed E-state index contributed by atoms with van der Waals surface area (Å²) in [5, 5.41) is 7.79. The highest BCUT2D eigenvalue weighted by atomic mass is 16.5. The van der Waals surface area contributed by atoms with Crippen molar-refractivity contribution in [2.24, 2.45) is 7.05 Å². The number of aromatic nitrogens is 2. The van der Waals surface area contributed by atoms with Crippen molar-refractivity contribution in [3.63, 3.8) is 0 Å². The first-order valence-corrected chi connectivity index (χ1v) is 6.96. The Morgan fingerprint density at radius 2 is 1.95 bits per heavy atom. The minimum Gasteiger partial charge on any atom is -0.492 e. The lowest BCUT2D eigenvalue weighted by Crippen LogP contribution is -2.31. The van der Waals surface area contributed by atoms with Crippen molar-refractivity contribution in [1.29, 1.82) is 0 Å².